The first-order chi connectivity index (χ1) is 12.4. The first kappa shape index (κ1) is 17.7. The molecule has 1 aromatic rings. The van der Waals surface area contributed by atoms with E-state index < -0.39 is 10.0 Å². The Morgan fingerprint density at radius 2 is 1.96 bits per heavy atom. The van der Waals surface area contributed by atoms with Crippen molar-refractivity contribution in [2.24, 2.45) is 0 Å². The number of benzene rings is 1. The van der Waals surface area contributed by atoms with Crippen LogP contribution in [0.3, 0.4) is 0 Å². The van der Waals surface area contributed by atoms with Crippen molar-refractivity contribution in [2.75, 3.05) is 30.7 Å². The molecule has 0 aromatic heterocycles. The van der Waals surface area contributed by atoms with Crippen LogP contribution in [0.15, 0.2) is 18.2 Å². The summed E-state index contributed by atoms with van der Waals surface area (Å²) in [5, 5.41) is 2.85. The number of sulfonamides is 1. The number of hydrogen-bond acceptors (Lipinski definition) is 3. The van der Waals surface area contributed by atoms with E-state index >= 15 is 0 Å². The Kier molecular flexibility index (Phi) is 4.64. The van der Waals surface area contributed by atoms with E-state index in [-0.39, 0.29) is 29.6 Å². The predicted molar refractivity (Wildman–Crippen MR) is 97.1 cm³/mol. The Morgan fingerprint density at radius 3 is 2.65 bits per heavy atom. The molecular formula is C18H24FN3O3S. The molecule has 0 bridgehead atoms. The normalized spacial score (nSPS) is 26.0. The number of amides is 2. The van der Waals surface area contributed by atoms with Gasteiger partial charge in [0.25, 0.3) is 0 Å². The standard InChI is InChI=1S/C18H24FN3O3S/c19-17-7-6-14(11-16(17)13-4-5-13)20-18(23)21-8-1-3-15(12-21)22-9-2-10-26(22,24)25/h6-7,11,13,15H,1-5,8-10,12H2,(H,20,23). The van der Waals surface area contributed by atoms with E-state index in [1.807, 2.05) is 0 Å². The molecule has 2 saturated heterocycles. The van der Waals surface area contributed by atoms with Crippen LogP contribution in [0, 0.1) is 5.82 Å². The maximum atomic E-state index is 13.9. The lowest BCUT2D eigenvalue weighted by Crippen LogP contribution is -2.51. The average molecular weight is 381 g/mol. The molecule has 1 N–H and O–H groups in total. The van der Waals surface area contributed by atoms with Crippen molar-refractivity contribution in [3.63, 3.8) is 0 Å². The van der Waals surface area contributed by atoms with Crippen LogP contribution in [0.2, 0.25) is 0 Å². The van der Waals surface area contributed by atoms with Gasteiger partial charge in [-0.15, -0.1) is 0 Å². The number of halogens is 1. The summed E-state index contributed by atoms with van der Waals surface area (Å²) in [6, 6.07) is 4.30. The molecule has 2 aliphatic heterocycles. The molecule has 1 aromatic carbocycles. The van der Waals surface area contributed by atoms with Gasteiger partial charge in [0.05, 0.1) is 5.75 Å². The summed E-state index contributed by atoms with van der Waals surface area (Å²) in [6.07, 6.45) is 4.20. The van der Waals surface area contributed by atoms with Gasteiger partial charge in [0, 0.05) is 31.4 Å². The third-order valence-corrected chi connectivity index (χ3v) is 7.49. The Morgan fingerprint density at radius 1 is 1.15 bits per heavy atom. The van der Waals surface area contributed by atoms with Gasteiger partial charge in [-0.3, -0.25) is 0 Å². The second-order valence-electron chi connectivity index (χ2n) is 7.46. The lowest BCUT2D eigenvalue weighted by Gasteiger charge is -2.36. The van der Waals surface area contributed by atoms with Crippen molar-refractivity contribution in [1.82, 2.24) is 9.21 Å². The monoisotopic (exact) mass is 381 g/mol. The van der Waals surface area contributed by atoms with Crippen molar-refractivity contribution in [1.29, 1.82) is 0 Å². The molecule has 4 rings (SSSR count). The van der Waals surface area contributed by atoms with Crippen LogP contribution in [0.25, 0.3) is 0 Å². The van der Waals surface area contributed by atoms with Gasteiger partial charge >= 0.3 is 6.03 Å². The van der Waals surface area contributed by atoms with Crippen LogP contribution in [0.5, 0.6) is 0 Å². The third-order valence-electron chi connectivity index (χ3n) is 5.49. The van der Waals surface area contributed by atoms with E-state index in [1.54, 1.807) is 21.3 Å². The van der Waals surface area contributed by atoms with E-state index in [4.69, 9.17) is 0 Å². The second-order valence-corrected chi connectivity index (χ2v) is 9.50. The Bertz CT molecular complexity index is 810. The van der Waals surface area contributed by atoms with Crippen LogP contribution < -0.4 is 5.32 Å². The molecule has 8 heteroatoms. The maximum Gasteiger partial charge on any atom is 0.321 e. The van der Waals surface area contributed by atoms with Crippen LogP contribution in [0.1, 0.15) is 43.6 Å². The predicted octanol–water partition coefficient (Wildman–Crippen LogP) is 2.73. The summed E-state index contributed by atoms with van der Waals surface area (Å²) in [5.41, 5.74) is 1.26. The van der Waals surface area contributed by atoms with E-state index in [0.29, 0.717) is 37.3 Å². The molecule has 6 nitrogen and oxygen atoms in total. The van der Waals surface area contributed by atoms with Crippen molar-refractivity contribution in [2.45, 2.75) is 44.1 Å². The lowest BCUT2D eigenvalue weighted by atomic mass is 10.1. The first-order valence-electron chi connectivity index (χ1n) is 9.29. The molecule has 2 heterocycles. The zero-order chi connectivity index (χ0) is 18.3. The van der Waals surface area contributed by atoms with Crippen LogP contribution in [-0.2, 0) is 10.0 Å². The Labute approximate surface area is 153 Å². The number of carbonyl (C=O) groups is 1. The Balaban J connectivity index is 1.42. The van der Waals surface area contributed by atoms with E-state index in [0.717, 1.165) is 25.7 Å². The quantitative estimate of drug-likeness (QED) is 0.875. The fourth-order valence-electron chi connectivity index (χ4n) is 3.97. The van der Waals surface area contributed by atoms with Gasteiger partial charge in [0.2, 0.25) is 10.0 Å². The molecule has 3 fully saturated rings. The van der Waals surface area contributed by atoms with Gasteiger partial charge in [-0.2, -0.15) is 4.31 Å². The number of carbonyl (C=O) groups excluding carboxylic acids is 1. The van der Waals surface area contributed by atoms with Gasteiger partial charge in [-0.25, -0.2) is 17.6 Å². The summed E-state index contributed by atoms with van der Waals surface area (Å²) < 4.78 is 39.7. The molecule has 2 amide bonds. The van der Waals surface area contributed by atoms with Gasteiger partial charge < -0.3 is 10.2 Å². The summed E-state index contributed by atoms with van der Waals surface area (Å²) >= 11 is 0. The zero-order valence-corrected chi connectivity index (χ0v) is 15.5. The maximum absolute atomic E-state index is 13.9. The summed E-state index contributed by atoms with van der Waals surface area (Å²) in [7, 11) is -3.17. The molecule has 1 aliphatic carbocycles. The van der Waals surface area contributed by atoms with Crippen molar-refractivity contribution >= 4 is 21.7 Å². The van der Waals surface area contributed by atoms with Crippen molar-refractivity contribution in [3.8, 4) is 0 Å². The van der Waals surface area contributed by atoms with Gasteiger partial charge in [0.1, 0.15) is 5.82 Å². The Hall–Kier alpha value is -1.67. The number of rotatable bonds is 3. The van der Waals surface area contributed by atoms with E-state index in [2.05, 4.69) is 5.32 Å². The molecule has 1 saturated carbocycles. The molecule has 142 valence electrons. The number of piperidine rings is 1. The number of urea groups is 1. The fourth-order valence-corrected chi connectivity index (χ4v) is 5.74. The van der Waals surface area contributed by atoms with E-state index in [1.165, 1.54) is 6.07 Å². The molecule has 1 atom stereocenters. The van der Waals surface area contributed by atoms with Crippen LogP contribution >= 0.6 is 0 Å². The molecule has 0 radical (unpaired) electrons. The van der Waals surface area contributed by atoms with Crippen molar-refractivity contribution in [3.05, 3.63) is 29.6 Å². The summed E-state index contributed by atoms with van der Waals surface area (Å²) in [5.74, 6) is 0.254. The van der Waals surface area contributed by atoms with Crippen LogP contribution in [0.4, 0.5) is 14.9 Å². The molecular weight excluding hydrogens is 357 g/mol. The fraction of sp³-hybridized carbons (Fsp3) is 0.611. The molecule has 1 unspecified atom stereocenters. The lowest BCUT2D eigenvalue weighted by molar-refractivity contribution is 0.163. The smallest absolute Gasteiger partial charge is 0.321 e. The summed E-state index contributed by atoms with van der Waals surface area (Å²) in [6.45, 7) is 1.56. The largest absolute Gasteiger partial charge is 0.323 e. The summed E-state index contributed by atoms with van der Waals surface area (Å²) in [4.78, 5) is 14.3. The van der Waals surface area contributed by atoms with E-state index in [9.17, 15) is 17.6 Å². The highest BCUT2D eigenvalue weighted by Gasteiger charge is 2.37. The highest BCUT2D eigenvalue weighted by Crippen LogP contribution is 2.42. The second kappa shape index (κ2) is 6.81. The van der Waals surface area contributed by atoms with Crippen molar-refractivity contribution < 1.29 is 17.6 Å². The number of likely N-dealkylation sites (tertiary alicyclic amines) is 1. The van der Waals surface area contributed by atoms with Crippen LogP contribution in [-0.4, -0.2) is 55.1 Å². The van der Waals surface area contributed by atoms with Gasteiger partial charge in [0.15, 0.2) is 0 Å². The zero-order valence-electron chi connectivity index (χ0n) is 14.7. The minimum Gasteiger partial charge on any atom is -0.323 e. The highest BCUT2D eigenvalue weighted by molar-refractivity contribution is 7.89. The highest BCUT2D eigenvalue weighted by atomic mass is 32.2. The molecule has 26 heavy (non-hydrogen) atoms. The number of nitrogens with one attached hydrogen (secondary N) is 1. The van der Waals surface area contributed by atoms with Gasteiger partial charge in [-0.1, -0.05) is 0 Å². The molecule has 3 aliphatic rings. The number of anilines is 1. The average Bonchev–Trinajstić information content (AvgIpc) is 3.39. The third kappa shape index (κ3) is 3.57. The first-order valence-corrected chi connectivity index (χ1v) is 10.9. The van der Waals surface area contributed by atoms with Gasteiger partial charge in [-0.05, 0) is 61.8 Å². The molecule has 0 spiro atoms. The minimum atomic E-state index is -3.17. The SMILES string of the molecule is O=C(Nc1ccc(F)c(C2CC2)c1)N1CCCC(N2CCCS2(=O)=O)C1. The number of nitrogens with zero attached hydrogens (tertiary/aromatic N) is 2. The number of hydrogen-bond donors (Lipinski definition) is 1. The topological polar surface area (TPSA) is 69.7 Å². The minimum absolute atomic E-state index is 0.141.